The van der Waals surface area contributed by atoms with Gasteiger partial charge in [0.15, 0.2) is 5.82 Å². The number of anilines is 2. The van der Waals surface area contributed by atoms with E-state index in [4.69, 9.17) is 5.10 Å². The zero-order chi connectivity index (χ0) is 25.0. The second-order valence-corrected chi connectivity index (χ2v) is 9.75. The number of hydrogen-bond donors (Lipinski definition) is 2. The van der Waals surface area contributed by atoms with E-state index in [1.165, 1.54) is 16.3 Å². The summed E-state index contributed by atoms with van der Waals surface area (Å²) in [6, 6.07) is 23.3. The molecule has 5 rings (SSSR count). The van der Waals surface area contributed by atoms with Gasteiger partial charge in [0.1, 0.15) is 5.82 Å². The highest BCUT2D eigenvalue weighted by Crippen LogP contribution is 2.31. The zero-order valence-electron chi connectivity index (χ0n) is 21.2. The molecule has 0 unspecified atom stereocenters. The van der Waals surface area contributed by atoms with Crippen LogP contribution < -0.4 is 10.2 Å². The summed E-state index contributed by atoms with van der Waals surface area (Å²) in [5.74, 6) is 1.84. The van der Waals surface area contributed by atoms with Crippen molar-refractivity contribution in [1.29, 1.82) is 0 Å². The fourth-order valence-electron chi connectivity index (χ4n) is 5.16. The van der Waals surface area contributed by atoms with Gasteiger partial charge in [-0.2, -0.15) is 5.10 Å². The maximum Gasteiger partial charge on any atom is 0.159 e. The van der Waals surface area contributed by atoms with Crippen molar-refractivity contribution in [3.8, 4) is 0 Å². The molecule has 1 aliphatic rings. The topological polar surface area (TPSA) is 74.2 Å². The number of nitrogens with zero attached hydrogens (tertiary/aromatic N) is 4. The number of piperidine rings is 1. The molecular weight excluding hydrogens is 446 g/mol. The predicted molar refractivity (Wildman–Crippen MR) is 146 cm³/mol. The third-order valence-corrected chi connectivity index (χ3v) is 7.58. The second-order valence-electron chi connectivity index (χ2n) is 9.75. The first-order chi connectivity index (χ1) is 17.6. The number of hydrogen-bond acceptors (Lipinski definition) is 6. The first-order valence-electron chi connectivity index (χ1n) is 13.1. The Kier molecular flexibility index (Phi) is 7.14. The van der Waals surface area contributed by atoms with E-state index in [0.29, 0.717) is 18.9 Å². The lowest BCUT2D eigenvalue weighted by molar-refractivity contribution is 0.0281. The third-order valence-electron chi connectivity index (χ3n) is 7.58. The molecule has 0 spiro atoms. The molecule has 0 saturated carbocycles. The Balaban J connectivity index is 1.26. The summed E-state index contributed by atoms with van der Waals surface area (Å²) in [5, 5.41) is 26.0. The van der Waals surface area contributed by atoms with E-state index in [1.54, 1.807) is 0 Å². The fourth-order valence-corrected chi connectivity index (χ4v) is 5.16. The van der Waals surface area contributed by atoms with Gasteiger partial charge in [-0.1, -0.05) is 74.5 Å². The van der Waals surface area contributed by atoms with Gasteiger partial charge in [0.05, 0.1) is 11.3 Å². The molecule has 0 aliphatic carbocycles. The van der Waals surface area contributed by atoms with Crippen LogP contribution in [-0.4, -0.2) is 39.4 Å². The highest BCUT2D eigenvalue weighted by atomic mass is 16.3. The van der Waals surface area contributed by atoms with Crippen molar-refractivity contribution < 1.29 is 5.11 Å². The molecule has 0 bridgehead atoms. The van der Waals surface area contributed by atoms with Gasteiger partial charge in [0.2, 0.25) is 0 Å². The van der Waals surface area contributed by atoms with Crippen LogP contribution in [0.1, 0.15) is 56.4 Å². The number of rotatable bonds is 8. The number of aliphatic hydroxyl groups is 1. The second kappa shape index (κ2) is 10.6. The predicted octanol–water partition coefficient (Wildman–Crippen LogP) is 5.70. The Morgan fingerprint density at radius 1 is 0.889 bits per heavy atom. The maximum atomic E-state index is 10.7. The minimum atomic E-state index is -0.794. The Labute approximate surface area is 213 Å². The van der Waals surface area contributed by atoms with Crippen LogP contribution in [-0.2, 0) is 12.0 Å². The van der Waals surface area contributed by atoms with Gasteiger partial charge in [-0.05, 0) is 37.3 Å². The van der Waals surface area contributed by atoms with Gasteiger partial charge in [0, 0.05) is 48.1 Å². The number of nitrogens with one attached hydrogen (secondary N) is 1. The van der Waals surface area contributed by atoms with Crippen LogP contribution in [0.5, 0.6) is 0 Å². The van der Waals surface area contributed by atoms with Gasteiger partial charge < -0.3 is 15.3 Å². The lowest BCUT2D eigenvalue weighted by Crippen LogP contribution is -2.40. The fraction of sp³-hybridized carbons (Fsp3) is 0.367. The Morgan fingerprint density at radius 2 is 1.58 bits per heavy atom. The van der Waals surface area contributed by atoms with Crippen molar-refractivity contribution in [2.24, 2.45) is 0 Å². The summed E-state index contributed by atoms with van der Waals surface area (Å²) in [6.07, 6.45) is 5.95. The van der Waals surface area contributed by atoms with Crippen molar-refractivity contribution in [2.75, 3.05) is 23.3 Å². The molecule has 36 heavy (non-hydrogen) atoms. The summed E-state index contributed by atoms with van der Waals surface area (Å²) in [6.45, 7) is 5.84. The summed E-state index contributed by atoms with van der Waals surface area (Å²) < 4.78 is 0. The zero-order valence-corrected chi connectivity index (χ0v) is 21.2. The molecular formula is C30H35N5O. The molecule has 6 nitrogen and oxygen atoms in total. The first-order valence-corrected chi connectivity index (χ1v) is 13.1. The Bertz CT molecular complexity index is 1280. The lowest BCUT2D eigenvalue weighted by atomic mass is 9.90. The largest absolute Gasteiger partial charge is 0.385 e. The minimum absolute atomic E-state index is 0.354. The first kappa shape index (κ1) is 24.2. The van der Waals surface area contributed by atoms with Gasteiger partial charge in [-0.15, -0.1) is 5.10 Å². The molecule has 1 saturated heterocycles. The van der Waals surface area contributed by atoms with Crippen molar-refractivity contribution in [1.82, 2.24) is 15.2 Å². The van der Waals surface area contributed by atoms with E-state index in [9.17, 15) is 5.11 Å². The van der Waals surface area contributed by atoms with Gasteiger partial charge >= 0.3 is 0 Å². The van der Waals surface area contributed by atoms with E-state index >= 15 is 0 Å². The number of pyridine rings is 1. The molecule has 4 aromatic rings. The molecule has 2 N–H and O–H groups in total. The van der Waals surface area contributed by atoms with Gasteiger partial charge in [-0.3, -0.25) is 0 Å². The summed E-state index contributed by atoms with van der Waals surface area (Å²) >= 11 is 0. The van der Waals surface area contributed by atoms with E-state index in [2.05, 4.69) is 68.8 Å². The van der Waals surface area contributed by atoms with Crippen LogP contribution in [0.3, 0.4) is 0 Å². The minimum Gasteiger partial charge on any atom is -0.385 e. The molecule has 2 aromatic carbocycles. The quantitative estimate of drug-likeness (QED) is 0.336. The molecule has 0 radical (unpaired) electrons. The summed E-state index contributed by atoms with van der Waals surface area (Å²) in [7, 11) is 0. The highest BCUT2D eigenvalue weighted by molar-refractivity contribution is 5.93. The molecule has 186 valence electrons. The number of fused-ring (bicyclic) bond motifs is 1. The highest BCUT2D eigenvalue weighted by Gasteiger charge is 2.26. The van der Waals surface area contributed by atoms with Gasteiger partial charge in [0.25, 0.3) is 0 Å². The van der Waals surface area contributed by atoms with Crippen LogP contribution in [0.4, 0.5) is 11.6 Å². The van der Waals surface area contributed by atoms with E-state index < -0.39 is 5.60 Å². The summed E-state index contributed by atoms with van der Waals surface area (Å²) in [4.78, 5) is 6.95. The van der Waals surface area contributed by atoms with Crippen LogP contribution >= 0.6 is 0 Å². The van der Waals surface area contributed by atoms with Crippen LogP contribution in [0.25, 0.3) is 10.8 Å². The molecule has 1 aliphatic heterocycles. The van der Waals surface area contributed by atoms with Crippen LogP contribution in [0, 0.1) is 0 Å². The molecule has 0 amide bonds. The standard InChI is InChI=1S/C30H35N5O/c1-3-30(36,4-2)23-14-15-28(31-21-23)32-24-16-18-35(19-17-24)29-26-13-9-8-12-25(26)27(33-34-29)20-22-10-6-5-7-11-22/h5-15,21,24,36H,3-4,16-20H2,1-2H3,(H,31,32). The van der Waals surface area contributed by atoms with Crippen molar-refractivity contribution >= 4 is 22.4 Å². The van der Waals surface area contributed by atoms with Crippen molar-refractivity contribution in [3.63, 3.8) is 0 Å². The normalized spacial score (nSPS) is 14.8. The van der Waals surface area contributed by atoms with E-state index in [-0.39, 0.29) is 0 Å². The maximum absolute atomic E-state index is 10.7. The van der Waals surface area contributed by atoms with E-state index in [0.717, 1.165) is 55.2 Å². The monoisotopic (exact) mass is 481 g/mol. The lowest BCUT2D eigenvalue weighted by Gasteiger charge is -2.34. The molecule has 6 heteroatoms. The van der Waals surface area contributed by atoms with Crippen LogP contribution in [0.2, 0.25) is 0 Å². The van der Waals surface area contributed by atoms with Crippen molar-refractivity contribution in [2.45, 2.75) is 57.6 Å². The smallest absolute Gasteiger partial charge is 0.159 e. The Morgan fingerprint density at radius 3 is 2.25 bits per heavy atom. The molecule has 1 fully saturated rings. The van der Waals surface area contributed by atoms with Gasteiger partial charge in [-0.25, -0.2) is 4.98 Å². The summed E-state index contributed by atoms with van der Waals surface area (Å²) in [5.41, 5.74) is 2.35. The average Bonchev–Trinajstić information content (AvgIpc) is 2.94. The van der Waals surface area contributed by atoms with Crippen molar-refractivity contribution in [3.05, 3.63) is 89.7 Å². The molecule has 3 heterocycles. The average molecular weight is 482 g/mol. The van der Waals surface area contributed by atoms with Crippen LogP contribution in [0.15, 0.2) is 72.9 Å². The van der Waals surface area contributed by atoms with E-state index in [1.807, 2.05) is 38.2 Å². The molecule has 2 aromatic heterocycles. The number of benzene rings is 2. The Hall–Kier alpha value is -3.51. The SMILES string of the molecule is CCC(O)(CC)c1ccc(NC2CCN(c3nnc(Cc4ccccc4)c4ccccc34)CC2)nc1. The third kappa shape index (κ3) is 5.05. The number of aromatic nitrogens is 3. The molecule has 0 atom stereocenters.